The van der Waals surface area contributed by atoms with Gasteiger partial charge in [-0.2, -0.15) is 0 Å². The molecule has 27 heavy (non-hydrogen) atoms. The third-order valence-electron chi connectivity index (χ3n) is 3.78. The molecule has 0 aliphatic heterocycles. The van der Waals surface area contributed by atoms with E-state index in [1.54, 1.807) is 18.2 Å². The largest absolute Gasteiger partial charge is 0.455 e. The van der Waals surface area contributed by atoms with Crippen LogP contribution >= 0.6 is 11.6 Å². The standard InChI is InChI=1S/C21H25ClN2O3/c1-14-5-8-16(9-6-14)27-18-10-7-15(22)13-17(18)24-19(25)11-12-23-20(26)21(2,3)4/h5-10,13H,11-12H2,1-4H3,(H,23,26)(H,24,25). The molecule has 5 nitrogen and oxygen atoms in total. The van der Waals surface area contributed by atoms with Gasteiger partial charge in [0.2, 0.25) is 11.8 Å². The van der Waals surface area contributed by atoms with Crippen molar-refractivity contribution in [2.75, 3.05) is 11.9 Å². The Kier molecular flexibility index (Phi) is 6.86. The molecule has 0 aliphatic rings. The van der Waals surface area contributed by atoms with Crippen LogP contribution in [0.15, 0.2) is 42.5 Å². The number of aryl methyl sites for hydroxylation is 1. The van der Waals surface area contributed by atoms with Gasteiger partial charge in [0.1, 0.15) is 5.75 Å². The van der Waals surface area contributed by atoms with Crippen LogP contribution in [0.5, 0.6) is 11.5 Å². The van der Waals surface area contributed by atoms with E-state index in [0.717, 1.165) is 5.56 Å². The minimum absolute atomic E-state index is 0.0959. The normalized spacial score (nSPS) is 11.0. The van der Waals surface area contributed by atoms with Crippen LogP contribution in [-0.4, -0.2) is 18.4 Å². The Bertz CT molecular complexity index is 811. The van der Waals surface area contributed by atoms with E-state index < -0.39 is 5.41 Å². The number of carbonyl (C=O) groups is 2. The molecule has 0 saturated heterocycles. The monoisotopic (exact) mass is 388 g/mol. The highest BCUT2D eigenvalue weighted by molar-refractivity contribution is 6.31. The SMILES string of the molecule is Cc1ccc(Oc2ccc(Cl)cc2NC(=O)CCNC(=O)C(C)(C)C)cc1. The molecule has 0 fully saturated rings. The Morgan fingerprint density at radius 2 is 1.74 bits per heavy atom. The summed E-state index contributed by atoms with van der Waals surface area (Å²) in [4.78, 5) is 24.1. The molecule has 2 rings (SSSR count). The molecule has 0 bridgehead atoms. The highest BCUT2D eigenvalue weighted by Crippen LogP contribution is 2.32. The fourth-order valence-electron chi connectivity index (χ4n) is 2.19. The topological polar surface area (TPSA) is 67.4 Å². The maximum absolute atomic E-state index is 12.2. The van der Waals surface area contributed by atoms with Crippen LogP contribution in [0.4, 0.5) is 5.69 Å². The van der Waals surface area contributed by atoms with E-state index in [0.29, 0.717) is 22.2 Å². The number of hydrogen-bond acceptors (Lipinski definition) is 3. The molecule has 0 unspecified atom stereocenters. The maximum atomic E-state index is 12.2. The van der Waals surface area contributed by atoms with Gasteiger partial charge >= 0.3 is 0 Å². The number of amides is 2. The van der Waals surface area contributed by atoms with E-state index in [2.05, 4.69) is 10.6 Å². The van der Waals surface area contributed by atoms with Crippen LogP contribution in [0.25, 0.3) is 0 Å². The summed E-state index contributed by atoms with van der Waals surface area (Å²) >= 11 is 6.06. The average Bonchev–Trinajstić information content (AvgIpc) is 2.58. The Morgan fingerprint density at radius 3 is 2.37 bits per heavy atom. The molecule has 6 heteroatoms. The second-order valence-corrected chi connectivity index (χ2v) is 7.80. The van der Waals surface area contributed by atoms with Crippen LogP contribution in [0, 0.1) is 12.3 Å². The predicted molar refractivity (Wildman–Crippen MR) is 108 cm³/mol. The molecule has 2 aromatic carbocycles. The number of hydrogen-bond donors (Lipinski definition) is 2. The molecule has 2 amide bonds. The van der Waals surface area contributed by atoms with Crippen molar-refractivity contribution < 1.29 is 14.3 Å². The van der Waals surface area contributed by atoms with E-state index in [4.69, 9.17) is 16.3 Å². The number of ether oxygens (including phenoxy) is 1. The van der Waals surface area contributed by atoms with Crippen molar-refractivity contribution in [3.63, 3.8) is 0 Å². The van der Waals surface area contributed by atoms with Crippen molar-refractivity contribution in [2.45, 2.75) is 34.1 Å². The van der Waals surface area contributed by atoms with Crippen molar-refractivity contribution >= 4 is 29.1 Å². The lowest BCUT2D eigenvalue weighted by Crippen LogP contribution is -2.36. The first-order valence-electron chi connectivity index (χ1n) is 8.77. The van der Waals surface area contributed by atoms with Gasteiger partial charge in [-0.25, -0.2) is 0 Å². The number of anilines is 1. The first-order valence-corrected chi connectivity index (χ1v) is 9.15. The Balaban J connectivity index is 2.00. The highest BCUT2D eigenvalue weighted by atomic mass is 35.5. The van der Waals surface area contributed by atoms with Gasteiger partial charge in [0, 0.05) is 23.4 Å². The molecule has 0 saturated carbocycles. The molecule has 2 N–H and O–H groups in total. The summed E-state index contributed by atoms with van der Waals surface area (Å²) in [5.74, 6) is 0.827. The molecular weight excluding hydrogens is 364 g/mol. The quantitative estimate of drug-likeness (QED) is 0.737. The van der Waals surface area contributed by atoms with Crippen molar-refractivity contribution in [3.8, 4) is 11.5 Å². The maximum Gasteiger partial charge on any atom is 0.226 e. The summed E-state index contributed by atoms with van der Waals surface area (Å²) in [6.45, 7) is 7.72. The van der Waals surface area contributed by atoms with Crippen LogP contribution in [-0.2, 0) is 9.59 Å². The number of nitrogens with one attached hydrogen (secondary N) is 2. The summed E-state index contributed by atoms with van der Waals surface area (Å²) in [7, 11) is 0. The zero-order chi connectivity index (χ0) is 20.0. The second kappa shape index (κ2) is 8.91. The van der Waals surface area contributed by atoms with Gasteiger partial charge in [0.05, 0.1) is 5.69 Å². The molecule has 0 aromatic heterocycles. The smallest absolute Gasteiger partial charge is 0.226 e. The minimum Gasteiger partial charge on any atom is -0.455 e. The molecule has 0 atom stereocenters. The predicted octanol–water partition coefficient (Wildman–Crippen LogP) is 4.93. The molecule has 0 spiro atoms. The second-order valence-electron chi connectivity index (χ2n) is 7.36. The van der Waals surface area contributed by atoms with Crippen molar-refractivity contribution in [1.82, 2.24) is 5.32 Å². The molecule has 0 heterocycles. The number of carbonyl (C=O) groups excluding carboxylic acids is 2. The summed E-state index contributed by atoms with van der Waals surface area (Å²) in [6, 6.07) is 12.7. The molecule has 2 aromatic rings. The van der Waals surface area contributed by atoms with E-state index in [9.17, 15) is 9.59 Å². The molecular formula is C21H25ClN2O3. The number of rotatable bonds is 6. The lowest BCUT2D eigenvalue weighted by Gasteiger charge is -2.17. The van der Waals surface area contributed by atoms with Gasteiger partial charge in [0.15, 0.2) is 5.75 Å². The van der Waals surface area contributed by atoms with E-state index in [1.165, 1.54) is 0 Å². The van der Waals surface area contributed by atoms with Crippen LogP contribution < -0.4 is 15.4 Å². The summed E-state index contributed by atoms with van der Waals surface area (Å²) < 4.78 is 5.86. The lowest BCUT2D eigenvalue weighted by molar-refractivity contribution is -0.128. The van der Waals surface area contributed by atoms with Crippen molar-refractivity contribution in [3.05, 3.63) is 53.1 Å². The number of benzene rings is 2. The van der Waals surface area contributed by atoms with Gasteiger partial charge in [0.25, 0.3) is 0 Å². The Labute approximate surface area is 165 Å². The summed E-state index contributed by atoms with van der Waals surface area (Å²) in [6.07, 6.45) is 0.151. The van der Waals surface area contributed by atoms with Crippen LogP contribution in [0.3, 0.4) is 0 Å². The zero-order valence-electron chi connectivity index (χ0n) is 16.1. The average molecular weight is 389 g/mol. The van der Waals surface area contributed by atoms with Crippen LogP contribution in [0.2, 0.25) is 5.02 Å². The van der Waals surface area contributed by atoms with E-state index >= 15 is 0 Å². The van der Waals surface area contributed by atoms with E-state index in [-0.39, 0.29) is 24.8 Å². The van der Waals surface area contributed by atoms with E-state index in [1.807, 2.05) is 52.0 Å². The van der Waals surface area contributed by atoms with Crippen LogP contribution in [0.1, 0.15) is 32.8 Å². The minimum atomic E-state index is -0.488. The summed E-state index contributed by atoms with van der Waals surface area (Å²) in [5, 5.41) is 6.04. The third kappa shape index (κ3) is 6.61. The fraction of sp³-hybridized carbons (Fsp3) is 0.333. The third-order valence-corrected chi connectivity index (χ3v) is 4.02. The Morgan fingerprint density at radius 1 is 1.07 bits per heavy atom. The van der Waals surface area contributed by atoms with Crippen molar-refractivity contribution in [2.24, 2.45) is 5.41 Å². The lowest BCUT2D eigenvalue weighted by atomic mass is 9.96. The number of halogens is 1. The summed E-state index contributed by atoms with van der Waals surface area (Å²) in [5.41, 5.74) is 1.12. The van der Waals surface area contributed by atoms with Gasteiger partial charge in [-0.1, -0.05) is 50.1 Å². The molecule has 0 aliphatic carbocycles. The molecule has 0 radical (unpaired) electrons. The first-order chi connectivity index (χ1) is 12.6. The van der Waals surface area contributed by atoms with Gasteiger partial charge in [-0.05, 0) is 37.3 Å². The Hall–Kier alpha value is -2.53. The first kappa shape index (κ1) is 20.8. The highest BCUT2D eigenvalue weighted by Gasteiger charge is 2.20. The van der Waals surface area contributed by atoms with Crippen molar-refractivity contribution in [1.29, 1.82) is 0 Å². The molecule has 144 valence electrons. The van der Waals surface area contributed by atoms with Gasteiger partial charge < -0.3 is 15.4 Å². The van der Waals surface area contributed by atoms with Gasteiger partial charge in [-0.15, -0.1) is 0 Å². The fourth-order valence-corrected chi connectivity index (χ4v) is 2.36. The van der Waals surface area contributed by atoms with Gasteiger partial charge in [-0.3, -0.25) is 9.59 Å². The zero-order valence-corrected chi connectivity index (χ0v) is 16.8.